The van der Waals surface area contributed by atoms with Gasteiger partial charge < -0.3 is 15.0 Å². The average Bonchev–Trinajstić information content (AvgIpc) is 3.18. The van der Waals surface area contributed by atoms with Gasteiger partial charge in [0.15, 0.2) is 6.61 Å². The molecule has 1 saturated carbocycles. The van der Waals surface area contributed by atoms with E-state index in [1.54, 1.807) is 20.2 Å². The molecule has 0 aliphatic heterocycles. The molecule has 1 N–H and O–H groups in total. The molecule has 6 heteroatoms. The molecule has 1 fully saturated rings. The number of amides is 1. The topological polar surface area (TPSA) is 41.6 Å². The van der Waals surface area contributed by atoms with Gasteiger partial charge in [-0.2, -0.15) is 0 Å². The van der Waals surface area contributed by atoms with E-state index in [9.17, 15) is 4.79 Å². The van der Waals surface area contributed by atoms with Gasteiger partial charge in [-0.15, -0.1) is 0 Å². The minimum Gasteiger partial charge on any atom is -0.482 e. The molecule has 2 rings (SSSR count). The lowest BCUT2D eigenvalue weighted by atomic mass is 10.2. The van der Waals surface area contributed by atoms with Gasteiger partial charge in [-0.25, -0.2) is 0 Å². The lowest BCUT2D eigenvalue weighted by Gasteiger charge is -2.16. The third kappa shape index (κ3) is 4.27. The van der Waals surface area contributed by atoms with E-state index >= 15 is 0 Å². The van der Waals surface area contributed by atoms with Crippen LogP contribution in [-0.4, -0.2) is 37.6 Å². The SMILES string of the molecule is CN(C)C(=O)COc1c(Cl)cc(Cl)cc1CNC1CC1. The summed E-state index contributed by atoms with van der Waals surface area (Å²) in [6.07, 6.45) is 2.40. The van der Waals surface area contributed by atoms with Gasteiger partial charge >= 0.3 is 0 Å². The highest BCUT2D eigenvalue weighted by molar-refractivity contribution is 6.35. The van der Waals surface area contributed by atoms with Crippen molar-refractivity contribution in [3.63, 3.8) is 0 Å². The largest absolute Gasteiger partial charge is 0.482 e. The molecule has 0 saturated heterocycles. The Morgan fingerprint density at radius 3 is 2.70 bits per heavy atom. The summed E-state index contributed by atoms with van der Waals surface area (Å²) in [6, 6.07) is 4.02. The predicted octanol–water partition coefficient (Wildman–Crippen LogP) is 2.71. The number of hydrogen-bond acceptors (Lipinski definition) is 3. The second kappa shape index (κ2) is 6.66. The Labute approximate surface area is 129 Å². The zero-order valence-electron chi connectivity index (χ0n) is 11.6. The average molecular weight is 317 g/mol. The number of rotatable bonds is 6. The minimum absolute atomic E-state index is 0.0369. The molecule has 0 bridgehead atoms. The summed E-state index contributed by atoms with van der Waals surface area (Å²) in [4.78, 5) is 13.1. The fraction of sp³-hybridized carbons (Fsp3) is 0.500. The highest BCUT2D eigenvalue weighted by Gasteiger charge is 2.21. The molecular weight excluding hydrogens is 299 g/mol. The van der Waals surface area contributed by atoms with Crippen LogP contribution in [0.5, 0.6) is 5.75 Å². The Kier molecular flexibility index (Phi) is 5.13. The number of likely N-dealkylation sites (N-methyl/N-ethyl adjacent to an activating group) is 1. The van der Waals surface area contributed by atoms with Crippen molar-refractivity contribution in [3.05, 3.63) is 27.7 Å². The standard InChI is InChI=1S/C14H18Cl2N2O2/c1-18(2)13(19)8-20-14-9(7-17-11-3-4-11)5-10(15)6-12(14)16/h5-6,11,17H,3-4,7-8H2,1-2H3. The van der Waals surface area contributed by atoms with Crippen molar-refractivity contribution < 1.29 is 9.53 Å². The van der Waals surface area contributed by atoms with E-state index in [4.69, 9.17) is 27.9 Å². The molecule has 0 unspecified atom stereocenters. The van der Waals surface area contributed by atoms with Crippen molar-refractivity contribution >= 4 is 29.1 Å². The molecule has 110 valence electrons. The van der Waals surface area contributed by atoms with Gasteiger partial charge in [0.05, 0.1) is 5.02 Å². The lowest BCUT2D eigenvalue weighted by molar-refractivity contribution is -0.130. The van der Waals surface area contributed by atoms with Gasteiger partial charge in [0, 0.05) is 37.3 Å². The fourth-order valence-corrected chi connectivity index (χ4v) is 2.30. The van der Waals surface area contributed by atoms with Gasteiger partial charge in [-0.05, 0) is 25.0 Å². The van der Waals surface area contributed by atoms with Gasteiger partial charge in [0.2, 0.25) is 0 Å². The molecule has 1 aliphatic carbocycles. The van der Waals surface area contributed by atoms with Crippen molar-refractivity contribution in [2.45, 2.75) is 25.4 Å². The molecule has 0 atom stereocenters. The van der Waals surface area contributed by atoms with E-state index in [-0.39, 0.29) is 12.5 Å². The van der Waals surface area contributed by atoms with Crippen molar-refractivity contribution in [3.8, 4) is 5.75 Å². The van der Waals surface area contributed by atoms with Gasteiger partial charge in [0.25, 0.3) is 5.91 Å². The molecule has 1 aromatic rings. The number of nitrogens with zero attached hydrogens (tertiary/aromatic N) is 1. The second-order valence-corrected chi connectivity index (χ2v) is 5.95. The van der Waals surface area contributed by atoms with Gasteiger partial charge in [-0.3, -0.25) is 4.79 Å². The monoisotopic (exact) mass is 316 g/mol. The highest BCUT2D eigenvalue weighted by Crippen LogP contribution is 2.33. The first-order chi connectivity index (χ1) is 9.47. The van der Waals surface area contributed by atoms with Gasteiger partial charge in [0.1, 0.15) is 5.75 Å². The van der Waals surface area contributed by atoms with Crippen LogP contribution in [0, 0.1) is 0 Å². The van der Waals surface area contributed by atoms with Crippen LogP contribution in [0.2, 0.25) is 10.0 Å². The molecule has 1 amide bonds. The molecule has 0 heterocycles. The maximum atomic E-state index is 11.6. The van der Waals surface area contributed by atoms with Crippen LogP contribution in [0.4, 0.5) is 0 Å². The van der Waals surface area contributed by atoms with E-state index in [1.807, 2.05) is 6.07 Å². The Balaban J connectivity index is 2.09. The Morgan fingerprint density at radius 2 is 2.10 bits per heavy atom. The maximum absolute atomic E-state index is 11.6. The van der Waals surface area contributed by atoms with Crippen LogP contribution in [0.15, 0.2) is 12.1 Å². The van der Waals surface area contributed by atoms with Crippen molar-refractivity contribution in [1.82, 2.24) is 10.2 Å². The summed E-state index contributed by atoms with van der Waals surface area (Å²) in [7, 11) is 3.37. The van der Waals surface area contributed by atoms with E-state index in [0.717, 1.165) is 5.56 Å². The van der Waals surface area contributed by atoms with Crippen LogP contribution >= 0.6 is 23.2 Å². The molecule has 4 nitrogen and oxygen atoms in total. The quantitative estimate of drug-likeness (QED) is 0.877. The molecule has 20 heavy (non-hydrogen) atoms. The second-order valence-electron chi connectivity index (χ2n) is 5.11. The highest BCUT2D eigenvalue weighted by atomic mass is 35.5. The summed E-state index contributed by atoms with van der Waals surface area (Å²) in [5.74, 6) is 0.413. The van der Waals surface area contributed by atoms with Crippen LogP contribution in [0.3, 0.4) is 0 Å². The van der Waals surface area contributed by atoms with Gasteiger partial charge in [-0.1, -0.05) is 23.2 Å². The summed E-state index contributed by atoms with van der Waals surface area (Å²) in [5, 5.41) is 4.38. The van der Waals surface area contributed by atoms with E-state index < -0.39 is 0 Å². The van der Waals surface area contributed by atoms with Crippen LogP contribution < -0.4 is 10.1 Å². The van der Waals surface area contributed by atoms with Crippen molar-refractivity contribution in [2.24, 2.45) is 0 Å². The first-order valence-electron chi connectivity index (χ1n) is 6.51. The summed E-state index contributed by atoms with van der Waals surface area (Å²) in [6.45, 7) is 0.598. The molecule has 1 aliphatic rings. The fourth-order valence-electron chi connectivity index (χ4n) is 1.71. The predicted molar refractivity (Wildman–Crippen MR) is 80.5 cm³/mol. The molecule has 1 aromatic carbocycles. The number of nitrogens with one attached hydrogen (secondary N) is 1. The number of carbonyl (C=O) groups is 1. The summed E-state index contributed by atoms with van der Waals surface area (Å²) in [5.41, 5.74) is 0.876. The maximum Gasteiger partial charge on any atom is 0.259 e. The minimum atomic E-state index is -0.114. The van der Waals surface area contributed by atoms with E-state index in [0.29, 0.717) is 28.4 Å². The Hall–Kier alpha value is -0.970. The summed E-state index contributed by atoms with van der Waals surface area (Å²) >= 11 is 12.2. The lowest BCUT2D eigenvalue weighted by Crippen LogP contribution is -2.28. The van der Waals surface area contributed by atoms with E-state index in [1.165, 1.54) is 17.7 Å². The number of carbonyl (C=O) groups excluding carboxylic acids is 1. The smallest absolute Gasteiger partial charge is 0.259 e. The number of halogens is 2. The summed E-state index contributed by atoms with van der Waals surface area (Å²) < 4.78 is 5.58. The number of benzene rings is 1. The van der Waals surface area contributed by atoms with Crippen LogP contribution in [0.25, 0.3) is 0 Å². The molecule has 0 radical (unpaired) electrons. The van der Waals surface area contributed by atoms with Crippen LogP contribution in [0.1, 0.15) is 18.4 Å². The molecule has 0 spiro atoms. The van der Waals surface area contributed by atoms with Crippen molar-refractivity contribution in [2.75, 3.05) is 20.7 Å². The normalized spacial score (nSPS) is 14.2. The first-order valence-corrected chi connectivity index (χ1v) is 7.27. The van der Waals surface area contributed by atoms with E-state index in [2.05, 4.69) is 5.32 Å². The number of hydrogen-bond donors (Lipinski definition) is 1. The molecule has 0 aromatic heterocycles. The third-order valence-corrected chi connectivity index (χ3v) is 3.58. The number of ether oxygens (including phenoxy) is 1. The Morgan fingerprint density at radius 1 is 1.40 bits per heavy atom. The van der Waals surface area contributed by atoms with Crippen LogP contribution in [-0.2, 0) is 11.3 Å². The first kappa shape index (κ1) is 15.4. The van der Waals surface area contributed by atoms with Crippen molar-refractivity contribution in [1.29, 1.82) is 0 Å². The molecular formula is C14H18Cl2N2O2. The zero-order valence-corrected chi connectivity index (χ0v) is 13.1. The Bertz CT molecular complexity index is 502. The third-order valence-electron chi connectivity index (χ3n) is 3.08. The zero-order chi connectivity index (χ0) is 14.7.